The summed E-state index contributed by atoms with van der Waals surface area (Å²) in [5.74, 6) is -0.259. The molecule has 0 aromatic heterocycles. The van der Waals surface area contributed by atoms with E-state index < -0.39 is 5.91 Å². The molecule has 3 N–H and O–H groups in total. The lowest BCUT2D eigenvalue weighted by Gasteiger charge is -2.26. The number of nitrogens with one attached hydrogen (secondary N) is 1. The number of hydrogen-bond donors (Lipinski definition) is 2. The number of fused-ring (bicyclic) bond motifs is 2. The summed E-state index contributed by atoms with van der Waals surface area (Å²) in [6, 6.07) is 0.311. The van der Waals surface area contributed by atoms with E-state index in [4.69, 9.17) is 5.73 Å². The molecule has 1 aliphatic heterocycles. The molecule has 15 heavy (non-hydrogen) atoms. The summed E-state index contributed by atoms with van der Waals surface area (Å²) in [4.78, 5) is 24.8. The smallest absolute Gasteiger partial charge is 0.312 e. The van der Waals surface area contributed by atoms with Gasteiger partial charge in [0.25, 0.3) is 0 Å². The van der Waals surface area contributed by atoms with E-state index in [0.29, 0.717) is 25.0 Å². The van der Waals surface area contributed by atoms with Gasteiger partial charge in [-0.1, -0.05) is 0 Å². The van der Waals surface area contributed by atoms with Gasteiger partial charge in [-0.15, -0.1) is 0 Å². The van der Waals surface area contributed by atoms with Crippen molar-refractivity contribution in [1.29, 1.82) is 0 Å². The van der Waals surface area contributed by atoms with Crippen LogP contribution < -0.4 is 11.1 Å². The monoisotopic (exact) mass is 211 g/mol. The van der Waals surface area contributed by atoms with Crippen molar-refractivity contribution in [2.75, 3.05) is 19.6 Å². The van der Waals surface area contributed by atoms with Crippen LogP contribution in [0.1, 0.15) is 19.3 Å². The Morgan fingerprint density at radius 3 is 2.73 bits per heavy atom. The van der Waals surface area contributed by atoms with Crippen molar-refractivity contribution in [2.45, 2.75) is 25.3 Å². The molecule has 84 valence electrons. The van der Waals surface area contributed by atoms with Crippen LogP contribution in [-0.4, -0.2) is 42.4 Å². The van der Waals surface area contributed by atoms with Crippen LogP contribution in [0.25, 0.3) is 0 Å². The summed E-state index contributed by atoms with van der Waals surface area (Å²) in [5, 5.41) is 2.51. The molecule has 5 heteroatoms. The molecule has 2 bridgehead atoms. The molecule has 2 amide bonds. The fraction of sp³-hybridized carbons (Fsp3) is 0.800. The number of carbonyl (C=O) groups excluding carboxylic acids is 2. The van der Waals surface area contributed by atoms with Crippen molar-refractivity contribution in [2.24, 2.45) is 11.7 Å². The fourth-order valence-corrected chi connectivity index (χ4v) is 2.57. The van der Waals surface area contributed by atoms with Crippen molar-refractivity contribution < 1.29 is 9.59 Å². The second-order valence-corrected chi connectivity index (χ2v) is 4.33. The van der Waals surface area contributed by atoms with Crippen molar-refractivity contribution in [3.05, 3.63) is 0 Å². The molecule has 1 aliphatic carbocycles. The fourth-order valence-electron chi connectivity index (χ4n) is 2.57. The van der Waals surface area contributed by atoms with E-state index in [9.17, 15) is 9.59 Å². The van der Waals surface area contributed by atoms with Crippen LogP contribution in [0, 0.1) is 5.92 Å². The topological polar surface area (TPSA) is 75.4 Å². The van der Waals surface area contributed by atoms with Gasteiger partial charge >= 0.3 is 11.8 Å². The molecule has 2 atom stereocenters. The maximum atomic E-state index is 11.7. The Morgan fingerprint density at radius 1 is 1.40 bits per heavy atom. The van der Waals surface area contributed by atoms with Crippen molar-refractivity contribution in [3.63, 3.8) is 0 Å². The Labute approximate surface area is 89.0 Å². The molecule has 0 aromatic rings. The first-order chi connectivity index (χ1) is 7.22. The van der Waals surface area contributed by atoms with E-state index in [-0.39, 0.29) is 5.91 Å². The standard InChI is InChI=1S/C10H17N3O2/c11-3-4-12-9(14)10(15)13-6-7-1-2-8(13)5-7/h7-8H,1-6,11H2,(H,12,14). The number of nitrogens with two attached hydrogens (primary N) is 1. The highest BCUT2D eigenvalue weighted by Crippen LogP contribution is 2.37. The van der Waals surface area contributed by atoms with E-state index in [1.165, 1.54) is 6.42 Å². The Balaban J connectivity index is 1.88. The first-order valence-electron chi connectivity index (χ1n) is 5.51. The number of nitrogens with zero attached hydrogens (tertiary/aromatic N) is 1. The van der Waals surface area contributed by atoms with Crippen LogP contribution in [-0.2, 0) is 9.59 Å². The SMILES string of the molecule is NCCNC(=O)C(=O)N1CC2CCC1C2. The molecule has 1 saturated carbocycles. The predicted molar refractivity (Wildman–Crippen MR) is 54.9 cm³/mol. The average molecular weight is 211 g/mol. The zero-order chi connectivity index (χ0) is 10.8. The number of likely N-dealkylation sites (tertiary alicyclic amines) is 1. The van der Waals surface area contributed by atoms with Crippen molar-refractivity contribution in [1.82, 2.24) is 10.2 Å². The second-order valence-electron chi connectivity index (χ2n) is 4.33. The lowest BCUT2D eigenvalue weighted by Crippen LogP contribution is -2.47. The lowest BCUT2D eigenvalue weighted by molar-refractivity contribution is -0.146. The molecule has 0 aromatic carbocycles. The molecule has 0 spiro atoms. The normalized spacial score (nSPS) is 28.2. The molecule has 5 nitrogen and oxygen atoms in total. The molecule has 1 saturated heterocycles. The molecule has 2 rings (SSSR count). The van der Waals surface area contributed by atoms with E-state index in [1.54, 1.807) is 4.90 Å². The summed E-state index contributed by atoms with van der Waals surface area (Å²) in [5.41, 5.74) is 5.25. The van der Waals surface area contributed by atoms with E-state index in [1.807, 2.05) is 0 Å². The van der Waals surface area contributed by atoms with Crippen molar-refractivity contribution >= 4 is 11.8 Å². The van der Waals surface area contributed by atoms with Crippen LogP contribution >= 0.6 is 0 Å². The summed E-state index contributed by atoms with van der Waals surface area (Å²) < 4.78 is 0. The van der Waals surface area contributed by atoms with E-state index in [2.05, 4.69) is 5.32 Å². The van der Waals surface area contributed by atoms with Crippen LogP contribution in [0.15, 0.2) is 0 Å². The Morgan fingerprint density at radius 2 is 2.20 bits per heavy atom. The minimum atomic E-state index is -0.506. The summed E-state index contributed by atoms with van der Waals surface area (Å²) in [7, 11) is 0. The molecule has 2 unspecified atom stereocenters. The van der Waals surface area contributed by atoms with Gasteiger partial charge in [-0.25, -0.2) is 0 Å². The maximum absolute atomic E-state index is 11.7. The zero-order valence-corrected chi connectivity index (χ0v) is 8.74. The first kappa shape index (κ1) is 10.4. The van der Waals surface area contributed by atoms with E-state index >= 15 is 0 Å². The number of carbonyl (C=O) groups is 2. The Bertz CT molecular complexity index is 280. The van der Waals surface area contributed by atoms with Crippen LogP contribution in [0.3, 0.4) is 0 Å². The van der Waals surface area contributed by atoms with Crippen molar-refractivity contribution in [3.8, 4) is 0 Å². The highest BCUT2D eigenvalue weighted by Gasteiger charge is 2.41. The lowest BCUT2D eigenvalue weighted by atomic mass is 10.1. The van der Waals surface area contributed by atoms with Gasteiger partial charge in [-0.05, 0) is 25.2 Å². The van der Waals surface area contributed by atoms with Gasteiger partial charge in [0.15, 0.2) is 0 Å². The third-order valence-corrected chi connectivity index (χ3v) is 3.29. The number of rotatable bonds is 2. The zero-order valence-electron chi connectivity index (χ0n) is 8.74. The highest BCUT2D eigenvalue weighted by molar-refractivity contribution is 6.35. The van der Waals surface area contributed by atoms with Gasteiger partial charge in [-0.3, -0.25) is 9.59 Å². The largest absolute Gasteiger partial charge is 0.347 e. The molecular formula is C10H17N3O2. The van der Waals surface area contributed by atoms with Crippen LogP contribution in [0.2, 0.25) is 0 Å². The Kier molecular flexibility index (Phi) is 2.90. The molecule has 1 heterocycles. The maximum Gasteiger partial charge on any atom is 0.312 e. The number of amides is 2. The quantitative estimate of drug-likeness (QED) is 0.580. The number of hydrogen-bond acceptors (Lipinski definition) is 3. The summed E-state index contributed by atoms with van der Waals surface area (Å²) in [6.07, 6.45) is 3.34. The third kappa shape index (κ3) is 1.97. The second kappa shape index (κ2) is 4.18. The predicted octanol–water partition coefficient (Wildman–Crippen LogP) is -0.928. The third-order valence-electron chi connectivity index (χ3n) is 3.29. The molecular weight excluding hydrogens is 194 g/mol. The Hall–Kier alpha value is -1.10. The average Bonchev–Trinajstić information content (AvgIpc) is 2.86. The minimum absolute atomic E-state index is 0.311. The minimum Gasteiger partial charge on any atom is -0.347 e. The van der Waals surface area contributed by atoms with Crippen LogP contribution in [0.4, 0.5) is 0 Å². The van der Waals surface area contributed by atoms with Gasteiger partial charge in [0.2, 0.25) is 0 Å². The molecule has 2 fully saturated rings. The van der Waals surface area contributed by atoms with E-state index in [0.717, 1.165) is 19.4 Å². The van der Waals surface area contributed by atoms with Gasteiger partial charge < -0.3 is 16.0 Å². The molecule has 2 aliphatic rings. The summed E-state index contributed by atoms with van der Waals surface area (Å²) >= 11 is 0. The van der Waals surface area contributed by atoms with Gasteiger partial charge in [0, 0.05) is 25.7 Å². The summed E-state index contributed by atoms with van der Waals surface area (Å²) in [6.45, 7) is 1.50. The number of piperidine rings is 1. The first-order valence-corrected chi connectivity index (χ1v) is 5.51. The van der Waals surface area contributed by atoms with Gasteiger partial charge in [0.05, 0.1) is 0 Å². The molecule has 0 radical (unpaired) electrons. The van der Waals surface area contributed by atoms with Gasteiger partial charge in [0.1, 0.15) is 0 Å². The van der Waals surface area contributed by atoms with Crippen LogP contribution in [0.5, 0.6) is 0 Å². The highest BCUT2D eigenvalue weighted by atomic mass is 16.2. The van der Waals surface area contributed by atoms with Gasteiger partial charge in [-0.2, -0.15) is 0 Å².